The van der Waals surface area contributed by atoms with E-state index in [0.29, 0.717) is 5.69 Å². The van der Waals surface area contributed by atoms with E-state index in [-0.39, 0.29) is 5.56 Å². The molecule has 2 aromatic rings. The first-order chi connectivity index (χ1) is 8.47. The van der Waals surface area contributed by atoms with Gasteiger partial charge in [-0.15, -0.1) is 0 Å². The highest BCUT2D eigenvalue weighted by Crippen LogP contribution is 2.20. The maximum atomic E-state index is 11.4. The van der Waals surface area contributed by atoms with Gasteiger partial charge in [-0.2, -0.15) is 0 Å². The van der Waals surface area contributed by atoms with E-state index in [2.05, 4.69) is 4.98 Å². The van der Waals surface area contributed by atoms with Gasteiger partial charge in [0, 0.05) is 11.8 Å². The van der Waals surface area contributed by atoms with Crippen LogP contribution in [0.1, 0.15) is 21.5 Å². The summed E-state index contributed by atoms with van der Waals surface area (Å²) in [7, 11) is 0. The average molecular weight is 243 g/mol. The molecule has 0 aliphatic rings. The van der Waals surface area contributed by atoms with Crippen molar-refractivity contribution >= 4 is 5.97 Å². The predicted octanol–water partition coefficient (Wildman–Crippen LogP) is 2.36. The molecule has 2 N–H and O–H groups in total. The molecule has 0 spiro atoms. The summed E-state index contributed by atoms with van der Waals surface area (Å²) in [6.07, 6.45) is 0. The van der Waals surface area contributed by atoms with Gasteiger partial charge < -0.3 is 10.1 Å². The summed E-state index contributed by atoms with van der Waals surface area (Å²) in [5.74, 6) is -1.11. The largest absolute Gasteiger partial charge is 0.478 e. The molecule has 0 saturated heterocycles. The fourth-order valence-corrected chi connectivity index (χ4v) is 1.73. The van der Waals surface area contributed by atoms with E-state index in [1.54, 1.807) is 0 Å². The Kier molecular flexibility index (Phi) is 3.02. The van der Waals surface area contributed by atoms with Gasteiger partial charge in [-0.05, 0) is 42.7 Å². The first-order valence-electron chi connectivity index (χ1n) is 5.52. The van der Waals surface area contributed by atoms with Crippen molar-refractivity contribution in [3.63, 3.8) is 0 Å². The van der Waals surface area contributed by atoms with Gasteiger partial charge in [-0.1, -0.05) is 12.1 Å². The van der Waals surface area contributed by atoms with Crippen LogP contribution in [0.5, 0.6) is 0 Å². The second kappa shape index (κ2) is 4.49. The van der Waals surface area contributed by atoms with Crippen LogP contribution in [0.4, 0.5) is 0 Å². The molecule has 4 nitrogen and oxygen atoms in total. The molecule has 18 heavy (non-hydrogen) atoms. The quantitative estimate of drug-likeness (QED) is 0.850. The predicted molar refractivity (Wildman–Crippen MR) is 68.9 cm³/mol. The van der Waals surface area contributed by atoms with Crippen LogP contribution in [0.2, 0.25) is 0 Å². The molecule has 0 radical (unpaired) electrons. The zero-order chi connectivity index (χ0) is 13.3. The minimum Gasteiger partial charge on any atom is -0.478 e. The third kappa shape index (κ3) is 2.32. The highest BCUT2D eigenvalue weighted by molar-refractivity contribution is 5.88. The Morgan fingerprint density at radius 3 is 2.44 bits per heavy atom. The lowest BCUT2D eigenvalue weighted by Crippen LogP contribution is -2.10. The number of carboxylic acid groups (broad SMARTS) is 1. The molecule has 0 aliphatic heterocycles. The maximum absolute atomic E-state index is 11.4. The molecule has 0 atom stereocenters. The Hall–Kier alpha value is -2.36. The standard InChI is InChI=1S/C14H13NO3/c1-8-3-4-10(5-9(8)2)12-6-11(14(17)18)7-13(16)15-12/h3-7H,1-2H3,(H,15,16)(H,17,18). The number of hydrogen-bond donors (Lipinski definition) is 2. The molecule has 1 aromatic carbocycles. The Bertz CT molecular complexity index is 671. The number of H-pyrrole nitrogens is 1. The van der Waals surface area contributed by atoms with Crippen molar-refractivity contribution < 1.29 is 9.90 Å². The Morgan fingerprint density at radius 1 is 1.11 bits per heavy atom. The second-order valence-electron chi connectivity index (χ2n) is 4.25. The van der Waals surface area contributed by atoms with Crippen LogP contribution in [0, 0.1) is 13.8 Å². The lowest BCUT2D eigenvalue weighted by Gasteiger charge is -2.06. The number of aromatic carboxylic acids is 1. The van der Waals surface area contributed by atoms with Gasteiger partial charge in [0.05, 0.1) is 5.56 Å². The molecule has 92 valence electrons. The maximum Gasteiger partial charge on any atom is 0.335 e. The molecule has 0 unspecified atom stereocenters. The summed E-state index contributed by atoms with van der Waals surface area (Å²) < 4.78 is 0. The van der Waals surface area contributed by atoms with Gasteiger partial charge in [0.15, 0.2) is 0 Å². The Labute approximate surface area is 104 Å². The molecule has 1 aromatic heterocycles. The molecule has 4 heteroatoms. The molecule has 0 bridgehead atoms. The number of carboxylic acids is 1. The average Bonchev–Trinajstić information content (AvgIpc) is 2.31. The number of rotatable bonds is 2. The van der Waals surface area contributed by atoms with Crippen LogP contribution >= 0.6 is 0 Å². The smallest absolute Gasteiger partial charge is 0.335 e. The summed E-state index contributed by atoms with van der Waals surface area (Å²) in [5.41, 5.74) is 3.14. The van der Waals surface area contributed by atoms with Gasteiger partial charge in [0.25, 0.3) is 0 Å². The van der Waals surface area contributed by atoms with Crippen LogP contribution in [0.25, 0.3) is 11.3 Å². The third-order valence-electron chi connectivity index (χ3n) is 2.91. The summed E-state index contributed by atoms with van der Waals surface area (Å²) in [6.45, 7) is 3.97. The topological polar surface area (TPSA) is 70.2 Å². The first kappa shape index (κ1) is 12.1. The fourth-order valence-electron chi connectivity index (χ4n) is 1.73. The molecular formula is C14H13NO3. The first-order valence-corrected chi connectivity index (χ1v) is 5.52. The van der Waals surface area contributed by atoms with E-state index in [4.69, 9.17) is 5.11 Å². The molecule has 0 amide bonds. The van der Waals surface area contributed by atoms with Crippen molar-refractivity contribution in [3.05, 3.63) is 57.4 Å². The van der Waals surface area contributed by atoms with E-state index in [9.17, 15) is 9.59 Å². The number of hydrogen-bond acceptors (Lipinski definition) is 2. The van der Waals surface area contributed by atoms with Crippen LogP contribution in [-0.2, 0) is 0 Å². The van der Waals surface area contributed by atoms with E-state index in [1.165, 1.54) is 6.07 Å². The SMILES string of the molecule is Cc1ccc(-c2cc(C(=O)O)cc(=O)[nH]2)cc1C. The molecular weight excluding hydrogens is 230 g/mol. The van der Waals surface area contributed by atoms with Crippen LogP contribution in [-0.4, -0.2) is 16.1 Å². The van der Waals surface area contributed by atoms with Gasteiger partial charge in [-0.25, -0.2) is 4.79 Å². The molecule has 0 saturated carbocycles. The highest BCUT2D eigenvalue weighted by Gasteiger charge is 2.08. The van der Waals surface area contributed by atoms with E-state index in [0.717, 1.165) is 22.8 Å². The van der Waals surface area contributed by atoms with Crippen LogP contribution < -0.4 is 5.56 Å². The molecule has 1 heterocycles. The number of carbonyl (C=O) groups is 1. The van der Waals surface area contributed by atoms with Crippen LogP contribution in [0.3, 0.4) is 0 Å². The van der Waals surface area contributed by atoms with E-state index >= 15 is 0 Å². The van der Waals surface area contributed by atoms with Crippen molar-refractivity contribution in [2.45, 2.75) is 13.8 Å². The molecule has 2 rings (SSSR count). The van der Waals surface area contributed by atoms with Gasteiger partial charge in [-0.3, -0.25) is 4.79 Å². The van der Waals surface area contributed by atoms with Crippen molar-refractivity contribution in [3.8, 4) is 11.3 Å². The summed E-state index contributed by atoms with van der Waals surface area (Å²) >= 11 is 0. The lowest BCUT2D eigenvalue weighted by molar-refractivity contribution is 0.0696. The number of benzene rings is 1. The number of aromatic nitrogens is 1. The number of aromatic amines is 1. The van der Waals surface area contributed by atoms with Crippen LogP contribution in [0.15, 0.2) is 35.1 Å². The van der Waals surface area contributed by atoms with Crippen molar-refractivity contribution in [1.82, 2.24) is 4.98 Å². The Balaban J connectivity index is 2.60. The molecule has 0 fully saturated rings. The van der Waals surface area contributed by atoms with Gasteiger partial charge in [0.2, 0.25) is 5.56 Å². The minimum absolute atomic E-state index is 0.00743. The number of pyridine rings is 1. The van der Waals surface area contributed by atoms with E-state index < -0.39 is 11.5 Å². The fraction of sp³-hybridized carbons (Fsp3) is 0.143. The van der Waals surface area contributed by atoms with Gasteiger partial charge in [0.1, 0.15) is 0 Å². The van der Waals surface area contributed by atoms with Gasteiger partial charge >= 0.3 is 5.97 Å². The summed E-state index contributed by atoms with van der Waals surface area (Å²) in [4.78, 5) is 25.0. The normalized spacial score (nSPS) is 10.3. The third-order valence-corrected chi connectivity index (χ3v) is 2.91. The lowest BCUT2D eigenvalue weighted by atomic mass is 10.0. The minimum atomic E-state index is -1.11. The van der Waals surface area contributed by atoms with Crippen molar-refractivity contribution in [2.75, 3.05) is 0 Å². The summed E-state index contributed by atoms with van der Waals surface area (Å²) in [5, 5.41) is 8.93. The van der Waals surface area contributed by atoms with E-state index in [1.807, 2.05) is 32.0 Å². The second-order valence-corrected chi connectivity index (χ2v) is 4.25. The Morgan fingerprint density at radius 2 is 1.83 bits per heavy atom. The van der Waals surface area contributed by atoms with Crippen molar-refractivity contribution in [1.29, 1.82) is 0 Å². The number of nitrogens with one attached hydrogen (secondary N) is 1. The zero-order valence-corrected chi connectivity index (χ0v) is 10.2. The van der Waals surface area contributed by atoms with Crippen molar-refractivity contribution in [2.24, 2.45) is 0 Å². The summed E-state index contributed by atoms with van der Waals surface area (Å²) in [6, 6.07) is 8.27. The number of aryl methyl sites for hydroxylation is 2. The molecule has 0 aliphatic carbocycles. The monoisotopic (exact) mass is 243 g/mol. The zero-order valence-electron chi connectivity index (χ0n) is 10.2. The highest BCUT2D eigenvalue weighted by atomic mass is 16.4.